The van der Waals surface area contributed by atoms with E-state index >= 15 is 8.78 Å². The molecule has 2 aromatic heterocycles. The molecule has 0 bridgehead atoms. The second kappa shape index (κ2) is 11.0. The van der Waals surface area contributed by atoms with Gasteiger partial charge in [0.1, 0.15) is 24.4 Å². The highest BCUT2D eigenvalue weighted by Crippen LogP contribution is 2.48. The van der Waals surface area contributed by atoms with Crippen molar-refractivity contribution in [2.45, 2.75) is 45.4 Å². The molecule has 2 aromatic carbocycles. The minimum absolute atomic E-state index is 0.361. The van der Waals surface area contributed by atoms with Crippen LogP contribution >= 0.6 is 0 Å². The number of aliphatic hydroxyl groups is 1. The number of halogens is 2. The van der Waals surface area contributed by atoms with Crippen molar-refractivity contribution in [2.24, 2.45) is 5.41 Å². The van der Waals surface area contributed by atoms with E-state index in [9.17, 15) is 5.11 Å². The molecule has 0 spiro atoms. The zero-order valence-corrected chi connectivity index (χ0v) is 21.6. The maximum atomic E-state index is 15.7. The maximum absolute atomic E-state index is 15.7. The Balaban J connectivity index is 1.44. The van der Waals surface area contributed by atoms with E-state index in [1.807, 2.05) is 12.1 Å². The minimum Gasteiger partial charge on any atom is -0.489 e. The van der Waals surface area contributed by atoms with Crippen molar-refractivity contribution in [1.82, 2.24) is 25.2 Å². The van der Waals surface area contributed by atoms with Gasteiger partial charge in [0, 0.05) is 17.3 Å². The van der Waals surface area contributed by atoms with E-state index in [2.05, 4.69) is 38.4 Å². The predicted octanol–water partition coefficient (Wildman–Crippen LogP) is 4.49. The van der Waals surface area contributed by atoms with Crippen molar-refractivity contribution < 1.29 is 18.6 Å². The molecule has 39 heavy (non-hydrogen) atoms. The molecule has 4 aromatic rings. The number of alkyl halides is 2. The van der Waals surface area contributed by atoms with Gasteiger partial charge in [-0.1, -0.05) is 44.7 Å². The molecule has 0 fully saturated rings. The van der Waals surface area contributed by atoms with Crippen LogP contribution in [-0.4, -0.2) is 35.9 Å². The van der Waals surface area contributed by atoms with Crippen molar-refractivity contribution in [1.29, 1.82) is 5.26 Å². The van der Waals surface area contributed by atoms with Gasteiger partial charge < -0.3 is 9.84 Å². The van der Waals surface area contributed by atoms with E-state index in [0.29, 0.717) is 29.0 Å². The number of rotatable bonds is 7. The highest BCUT2D eigenvalue weighted by Gasteiger charge is 2.61. The van der Waals surface area contributed by atoms with Gasteiger partial charge in [-0.25, -0.2) is 4.68 Å². The van der Waals surface area contributed by atoms with Gasteiger partial charge in [0.15, 0.2) is 5.60 Å². The average Bonchev–Trinajstić information content (AvgIpc) is 3.44. The molecular formula is C29H26F2N6O2. The lowest BCUT2D eigenvalue weighted by Crippen LogP contribution is -2.58. The summed E-state index contributed by atoms with van der Waals surface area (Å²) in [4.78, 5) is 3.94. The first-order valence-electron chi connectivity index (χ1n) is 12.0. The summed E-state index contributed by atoms with van der Waals surface area (Å²) in [6.45, 7) is 4.41. The van der Waals surface area contributed by atoms with Gasteiger partial charge in [0.05, 0.1) is 18.2 Å². The van der Waals surface area contributed by atoms with Crippen LogP contribution in [0, 0.1) is 28.6 Å². The first kappa shape index (κ1) is 27.4. The number of hydrogen-bond acceptors (Lipinski definition) is 7. The number of ether oxygens (including phenoxy) is 1. The Morgan fingerprint density at radius 2 is 1.56 bits per heavy atom. The summed E-state index contributed by atoms with van der Waals surface area (Å²) in [5.74, 6) is 2.84. The Morgan fingerprint density at radius 1 is 0.923 bits per heavy atom. The van der Waals surface area contributed by atoms with Crippen LogP contribution in [0.5, 0.6) is 5.75 Å². The number of benzene rings is 2. The fraction of sp³-hybridized carbons (Fsp3) is 0.276. The molecule has 1 unspecified atom stereocenters. The third kappa shape index (κ3) is 6.08. The number of pyridine rings is 1. The fourth-order valence-electron chi connectivity index (χ4n) is 3.78. The van der Waals surface area contributed by atoms with Gasteiger partial charge in [-0.15, -0.1) is 5.10 Å². The molecule has 10 heteroatoms. The van der Waals surface area contributed by atoms with Crippen molar-refractivity contribution >= 4 is 0 Å². The maximum Gasteiger partial charge on any atom is 0.320 e. The van der Waals surface area contributed by atoms with Crippen LogP contribution in [0.25, 0.3) is 0 Å². The number of nitriles is 1. The molecule has 1 N–H and O–H groups in total. The molecule has 2 heterocycles. The standard InChI is InChI=1S/C29H26F2N6O2/c1-27(2,3)28(38,19-37-20-34-35-36-37)29(30,31)26-15-12-23(17-33-26)7-4-21-10-13-25(14-11-21)39-18-24-8-5-22(16-32)6-9-24/h5-6,8-15,17,20,38H,18-19H2,1-3H3. The fourth-order valence-corrected chi connectivity index (χ4v) is 3.78. The molecule has 8 nitrogen and oxygen atoms in total. The first-order valence-corrected chi connectivity index (χ1v) is 12.0. The molecular weight excluding hydrogens is 502 g/mol. The number of nitrogens with zero attached hydrogens (tertiary/aromatic N) is 6. The topological polar surface area (TPSA) is 110 Å². The second-order valence-corrected chi connectivity index (χ2v) is 10.00. The molecule has 0 aliphatic heterocycles. The summed E-state index contributed by atoms with van der Waals surface area (Å²) in [6, 6.07) is 19.0. The monoisotopic (exact) mass is 528 g/mol. The van der Waals surface area contributed by atoms with Crippen molar-refractivity contribution in [2.75, 3.05) is 0 Å². The van der Waals surface area contributed by atoms with Gasteiger partial charge in [-0.05, 0) is 69.9 Å². The lowest BCUT2D eigenvalue weighted by molar-refractivity contribution is -0.245. The Labute approximate surface area is 224 Å². The van der Waals surface area contributed by atoms with E-state index in [-0.39, 0.29) is 0 Å². The van der Waals surface area contributed by atoms with Crippen molar-refractivity contribution in [3.05, 3.63) is 101 Å². The lowest BCUT2D eigenvalue weighted by Gasteiger charge is -2.44. The summed E-state index contributed by atoms with van der Waals surface area (Å²) in [5, 5.41) is 30.6. The van der Waals surface area contributed by atoms with Crippen LogP contribution in [0.4, 0.5) is 8.78 Å². The van der Waals surface area contributed by atoms with E-state index in [0.717, 1.165) is 10.2 Å². The number of aromatic nitrogens is 5. The molecule has 0 saturated carbocycles. The zero-order chi connectivity index (χ0) is 28.1. The zero-order valence-electron chi connectivity index (χ0n) is 21.6. The SMILES string of the molecule is CC(C)(C)C(O)(Cn1cnnn1)C(F)(F)c1ccc(C#Cc2ccc(OCc3ccc(C#N)cc3)cc2)cn1. The summed E-state index contributed by atoms with van der Waals surface area (Å²) < 4.78 is 38.2. The summed E-state index contributed by atoms with van der Waals surface area (Å²) >= 11 is 0. The smallest absolute Gasteiger partial charge is 0.320 e. The van der Waals surface area contributed by atoms with Crippen LogP contribution in [-0.2, 0) is 19.1 Å². The lowest BCUT2D eigenvalue weighted by atomic mass is 9.71. The van der Waals surface area contributed by atoms with E-state index in [4.69, 9.17) is 10.00 Å². The van der Waals surface area contributed by atoms with Crippen LogP contribution in [0.2, 0.25) is 0 Å². The number of hydrogen-bond donors (Lipinski definition) is 1. The van der Waals surface area contributed by atoms with E-state index in [1.54, 1.807) is 36.4 Å². The van der Waals surface area contributed by atoms with Crippen LogP contribution in [0.15, 0.2) is 73.2 Å². The molecule has 198 valence electrons. The Kier molecular flexibility index (Phi) is 7.70. The molecule has 0 saturated heterocycles. The van der Waals surface area contributed by atoms with E-state index < -0.39 is 29.2 Å². The summed E-state index contributed by atoms with van der Waals surface area (Å²) in [6.07, 6.45) is 2.43. The van der Waals surface area contributed by atoms with Crippen LogP contribution in [0.1, 0.15) is 48.7 Å². The van der Waals surface area contributed by atoms with Crippen molar-refractivity contribution in [3.8, 4) is 23.7 Å². The van der Waals surface area contributed by atoms with Gasteiger partial charge in [-0.3, -0.25) is 4.98 Å². The molecule has 4 rings (SSSR count). The van der Waals surface area contributed by atoms with Gasteiger partial charge >= 0.3 is 5.92 Å². The Morgan fingerprint density at radius 3 is 2.13 bits per heavy atom. The normalized spacial score (nSPS) is 13.1. The highest BCUT2D eigenvalue weighted by molar-refractivity contribution is 5.44. The first-order chi connectivity index (χ1) is 18.5. The van der Waals surface area contributed by atoms with Crippen molar-refractivity contribution in [3.63, 3.8) is 0 Å². The van der Waals surface area contributed by atoms with Gasteiger partial charge in [0.25, 0.3) is 0 Å². The Hall–Kier alpha value is -4.67. The second-order valence-electron chi connectivity index (χ2n) is 10.00. The quantitative estimate of drug-likeness (QED) is 0.352. The predicted molar refractivity (Wildman–Crippen MR) is 138 cm³/mol. The van der Waals surface area contributed by atoms with Crippen LogP contribution < -0.4 is 4.74 Å². The molecule has 0 aliphatic rings. The summed E-state index contributed by atoms with van der Waals surface area (Å²) in [7, 11) is 0. The molecule has 0 radical (unpaired) electrons. The minimum atomic E-state index is -3.71. The molecule has 1 atom stereocenters. The molecule has 0 aliphatic carbocycles. The average molecular weight is 529 g/mol. The third-order valence-corrected chi connectivity index (χ3v) is 6.32. The summed E-state index contributed by atoms with van der Waals surface area (Å²) in [5.41, 5.74) is -1.67. The molecule has 0 amide bonds. The van der Waals surface area contributed by atoms with E-state index in [1.165, 1.54) is 45.4 Å². The largest absolute Gasteiger partial charge is 0.489 e. The third-order valence-electron chi connectivity index (χ3n) is 6.32. The highest BCUT2D eigenvalue weighted by atomic mass is 19.3. The Bertz CT molecular complexity index is 1500. The van der Waals surface area contributed by atoms with Gasteiger partial charge in [0.2, 0.25) is 0 Å². The number of tetrazole rings is 1. The van der Waals surface area contributed by atoms with Crippen LogP contribution in [0.3, 0.4) is 0 Å². The van der Waals surface area contributed by atoms with Gasteiger partial charge in [-0.2, -0.15) is 14.0 Å².